The molecule has 4 nitrogen and oxygen atoms in total. The Balaban J connectivity index is 2.25. The molecule has 2 aromatic rings. The van der Waals surface area contributed by atoms with Gasteiger partial charge >= 0.3 is 0 Å². The van der Waals surface area contributed by atoms with E-state index in [4.69, 9.17) is 0 Å². The second-order valence-electron chi connectivity index (χ2n) is 2.74. The Kier molecular flexibility index (Phi) is 3.27. The zero-order chi connectivity index (χ0) is 10.7. The summed E-state index contributed by atoms with van der Waals surface area (Å²) in [5.41, 5.74) is 0.799. The van der Waals surface area contributed by atoms with Crippen molar-refractivity contribution < 1.29 is 0 Å². The van der Waals surface area contributed by atoms with Gasteiger partial charge in [0.25, 0.3) is 0 Å². The van der Waals surface area contributed by atoms with Crippen LogP contribution in [0.25, 0.3) is 0 Å². The molecular formula is C9H6Br2N4. The molecule has 0 atom stereocenters. The number of anilines is 2. The van der Waals surface area contributed by atoms with Gasteiger partial charge in [0.15, 0.2) is 0 Å². The molecule has 2 aromatic heterocycles. The van der Waals surface area contributed by atoms with E-state index in [1.165, 1.54) is 6.33 Å². The van der Waals surface area contributed by atoms with Gasteiger partial charge in [0.1, 0.15) is 12.1 Å². The summed E-state index contributed by atoms with van der Waals surface area (Å²) < 4.78 is 1.80. The van der Waals surface area contributed by atoms with Gasteiger partial charge in [0.05, 0.1) is 22.6 Å². The Morgan fingerprint density at radius 2 is 1.80 bits per heavy atom. The van der Waals surface area contributed by atoms with Crippen molar-refractivity contribution in [3.8, 4) is 0 Å². The second kappa shape index (κ2) is 4.67. The van der Waals surface area contributed by atoms with Gasteiger partial charge in [-0.25, -0.2) is 15.0 Å². The Morgan fingerprint density at radius 3 is 2.47 bits per heavy atom. The van der Waals surface area contributed by atoms with Crippen LogP contribution in [0, 0.1) is 0 Å². The summed E-state index contributed by atoms with van der Waals surface area (Å²) in [6.45, 7) is 0. The summed E-state index contributed by atoms with van der Waals surface area (Å²) in [4.78, 5) is 12.0. The minimum absolute atomic E-state index is 0.730. The fourth-order valence-electron chi connectivity index (χ4n) is 1.01. The molecule has 0 aliphatic heterocycles. The van der Waals surface area contributed by atoms with Crippen molar-refractivity contribution in [3.63, 3.8) is 0 Å². The molecule has 0 spiro atoms. The number of pyridine rings is 1. The van der Waals surface area contributed by atoms with E-state index < -0.39 is 0 Å². The number of hydrogen-bond acceptors (Lipinski definition) is 4. The van der Waals surface area contributed by atoms with Crippen molar-refractivity contribution in [2.24, 2.45) is 0 Å². The van der Waals surface area contributed by atoms with Crippen LogP contribution < -0.4 is 5.32 Å². The molecule has 2 heterocycles. The molecule has 0 aliphatic carbocycles. The average molecular weight is 330 g/mol. The van der Waals surface area contributed by atoms with Crippen LogP contribution in [0.1, 0.15) is 0 Å². The van der Waals surface area contributed by atoms with E-state index in [9.17, 15) is 0 Å². The van der Waals surface area contributed by atoms with E-state index in [0.717, 1.165) is 20.5 Å². The van der Waals surface area contributed by atoms with Crippen LogP contribution in [-0.2, 0) is 0 Å². The molecule has 0 radical (unpaired) electrons. The minimum Gasteiger partial charge on any atom is -0.337 e. The van der Waals surface area contributed by atoms with Crippen LogP contribution in [0.15, 0.2) is 39.9 Å². The maximum Gasteiger partial charge on any atom is 0.144 e. The highest BCUT2D eigenvalue weighted by molar-refractivity contribution is 9.11. The monoisotopic (exact) mass is 328 g/mol. The van der Waals surface area contributed by atoms with Gasteiger partial charge < -0.3 is 5.32 Å². The molecule has 15 heavy (non-hydrogen) atoms. The van der Waals surface area contributed by atoms with Crippen molar-refractivity contribution in [2.75, 3.05) is 5.32 Å². The van der Waals surface area contributed by atoms with Crippen LogP contribution >= 0.6 is 31.9 Å². The average Bonchev–Trinajstić information content (AvgIpc) is 2.24. The smallest absolute Gasteiger partial charge is 0.144 e. The summed E-state index contributed by atoms with van der Waals surface area (Å²) in [6.07, 6.45) is 6.57. The fraction of sp³-hybridized carbons (Fsp3) is 0. The first-order chi connectivity index (χ1) is 7.25. The number of aromatic nitrogens is 3. The lowest BCUT2D eigenvalue weighted by Crippen LogP contribution is -1.95. The minimum atomic E-state index is 0.730. The maximum absolute atomic E-state index is 4.21. The molecule has 0 bridgehead atoms. The van der Waals surface area contributed by atoms with Crippen LogP contribution in [-0.4, -0.2) is 15.0 Å². The molecule has 0 amide bonds. The molecule has 76 valence electrons. The van der Waals surface area contributed by atoms with E-state index in [0.29, 0.717) is 0 Å². The van der Waals surface area contributed by atoms with Crippen molar-refractivity contribution in [1.29, 1.82) is 0 Å². The predicted octanol–water partition coefficient (Wildman–Crippen LogP) is 3.14. The number of nitrogens with zero attached hydrogens (tertiary/aromatic N) is 3. The first kappa shape index (κ1) is 10.5. The number of rotatable bonds is 2. The Morgan fingerprint density at radius 1 is 1.07 bits per heavy atom. The van der Waals surface area contributed by atoms with Crippen molar-refractivity contribution >= 4 is 43.4 Å². The third kappa shape index (κ3) is 2.73. The first-order valence-corrected chi connectivity index (χ1v) is 5.67. The van der Waals surface area contributed by atoms with Crippen molar-refractivity contribution in [3.05, 3.63) is 39.9 Å². The number of halogens is 2. The summed E-state index contributed by atoms with van der Waals surface area (Å²) in [6, 6.07) is 1.92. The van der Waals surface area contributed by atoms with E-state index in [1.807, 2.05) is 6.07 Å². The highest BCUT2D eigenvalue weighted by Gasteiger charge is 2.02. The lowest BCUT2D eigenvalue weighted by molar-refractivity contribution is 1.16. The van der Waals surface area contributed by atoms with Crippen molar-refractivity contribution in [2.45, 2.75) is 0 Å². The second-order valence-corrected chi connectivity index (χ2v) is 4.51. The Hall–Kier alpha value is -1.01. The molecule has 0 aromatic carbocycles. The number of hydrogen-bond donors (Lipinski definition) is 1. The van der Waals surface area contributed by atoms with Crippen LogP contribution in [0.4, 0.5) is 11.5 Å². The highest BCUT2D eigenvalue weighted by Crippen LogP contribution is 2.25. The van der Waals surface area contributed by atoms with Gasteiger partial charge in [-0.05, 0) is 37.9 Å². The zero-order valence-corrected chi connectivity index (χ0v) is 10.7. The molecule has 0 fully saturated rings. The topological polar surface area (TPSA) is 50.7 Å². The number of nitrogens with one attached hydrogen (secondary N) is 1. The molecule has 0 saturated carbocycles. The standard InChI is InChI=1S/C9H6Br2N4/c10-6-1-8(11)9(14-2-6)15-7-3-12-5-13-4-7/h1-5H,(H,14,15). The summed E-state index contributed by atoms with van der Waals surface area (Å²) in [5, 5.41) is 3.10. The predicted molar refractivity (Wildman–Crippen MR) is 65.0 cm³/mol. The van der Waals surface area contributed by atoms with E-state index in [2.05, 4.69) is 52.1 Å². The SMILES string of the molecule is Brc1cnc(Nc2cncnc2)c(Br)c1. The third-order valence-corrected chi connectivity index (χ3v) is 2.67. The van der Waals surface area contributed by atoms with E-state index in [-0.39, 0.29) is 0 Å². The molecular weight excluding hydrogens is 324 g/mol. The van der Waals surface area contributed by atoms with E-state index >= 15 is 0 Å². The first-order valence-electron chi connectivity index (χ1n) is 4.09. The van der Waals surface area contributed by atoms with Gasteiger partial charge in [-0.2, -0.15) is 0 Å². The largest absolute Gasteiger partial charge is 0.337 e. The van der Waals surface area contributed by atoms with Crippen molar-refractivity contribution in [1.82, 2.24) is 15.0 Å². The van der Waals surface area contributed by atoms with Crippen LogP contribution in [0.3, 0.4) is 0 Å². The Bertz CT molecular complexity index is 461. The van der Waals surface area contributed by atoms with Gasteiger partial charge in [-0.1, -0.05) is 0 Å². The molecule has 0 unspecified atom stereocenters. The lowest BCUT2D eigenvalue weighted by Gasteiger charge is -2.06. The molecule has 2 rings (SSSR count). The normalized spacial score (nSPS) is 10.0. The maximum atomic E-state index is 4.21. The summed E-state index contributed by atoms with van der Waals surface area (Å²) in [7, 11) is 0. The van der Waals surface area contributed by atoms with E-state index in [1.54, 1.807) is 18.6 Å². The van der Waals surface area contributed by atoms with Gasteiger partial charge in [-0.15, -0.1) is 0 Å². The highest BCUT2D eigenvalue weighted by atomic mass is 79.9. The van der Waals surface area contributed by atoms with Gasteiger partial charge in [-0.3, -0.25) is 0 Å². The summed E-state index contributed by atoms with van der Waals surface area (Å²) >= 11 is 6.75. The third-order valence-electron chi connectivity index (χ3n) is 1.63. The Labute approximate surface area is 103 Å². The van der Waals surface area contributed by atoms with Gasteiger partial charge in [0, 0.05) is 10.7 Å². The molecule has 1 N–H and O–H groups in total. The van der Waals surface area contributed by atoms with Crippen LogP contribution in [0.2, 0.25) is 0 Å². The zero-order valence-electron chi connectivity index (χ0n) is 7.48. The van der Waals surface area contributed by atoms with Crippen LogP contribution in [0.5, 0.6) is 0 Å². The quantitative estimate of drug-likeness (QED) is 0.919. The fourth-order valence-corrected chi connectivity index (χ4v) is 2.09. The molecule has 6 heteroatoms. The molecule has 0 saturated heterocycles. The molecule has 0 aliphatic rings. The summed E-state index contributed by atoms with van der Waals surface area (Å²) in [5.74, 6) is 0.730. The van der Waals surface area contributed by atoms with Gasteiger partial charge in [0.2, 0.25) is 0 Å². The lowest BCUT2D eigenvalue weighted by atomic mass is 10.4.